The Morgan fingerprint density at radius 1 is 0.944 bits per heavy atom. The first-order valence-corrected chi connectivity index (χ1v) is 11.7. The summed E-state index contributed by atoms with van der Waals surface area (Å²) in [6, 6.07) is 17.7. The molecule has 0 aliphatic carbocycles. The first-order chi connectivity index (χ1) is 17.5. The predicted octanol–water partition coefficient (Wildman–Crippen LogP) is 4.82. The Hall–Kier alpha value is -4.33. The SMILES string of the molecule is CCCCc1ccc(C(=O)Nn2c(-c3cc(OC)c(OC)c(OC)c3)nc3ccccc3c2=O)cc1. The second-order valence-corrected chi connectivity index (χ2v) is 8.25. The van der Waals surface area contributed by atoms with Crippen molar-refractivity contribution in [1.29, 1.82) is 0 Å². The van der Waals surface area contributed by atoms with E-state index in [0.29, 0.717) is 39.3 Å². The van der Waals surface area contributed by atoms with Crippen LogP contribution in [-0.4, -0.2) is 36.9 Å². The Morgan fingerprint density at radius 3 is 2.22 bits per heavy atom. The van der Waals surface area contributed by atoms with E-state index in [4.69, 9.17) is 19.2 Å². The molecule has 1 heterocycles. The molecular formula is C28H29N3O5. The molecular weight excluding hydrogens is 458 g/mol. The Balaban J connectivity index is 1.83. The maximum absolute atomic E-state index is 13.5. The number of benzene rings is 3. The van der Waals surface area contributed by atoms with Crippen molar-refractivity contribution in [2.75, 3.05) is 26.8 Å². The van der Waals surface area contributed by atoms with Crippen molar-refractivity contribution in [3.8, 4) is 28.6 Å². The molecule has 8 nitrogen and oxygen atoms in total. The Morgan fingerprint density at radius 2 is 1.61 bits per heavy atom. The summed E-state index contributed by atoms with van der Waals surface area (Å²) < 4.78 is 17.5. The molecule has 0 aliphatic heterocycles. The van der Waals surface area contributed by atoms with Crippen molar-refractivity contribution in [3.05, 3.63) is 82.1 Å². The molecule has 8 heteroatoms. The molecule has 36 heavy (non-hydrogen) atoms. The standard InChI is InChI=1S/C28H29N3O5/c1-5-6-9-18-12-14-19(15-13-18)27(32)30-31-26(29-22-11-8-7-10-21(22)28(31)33)20-16-23(34-2)25(36-4)24(17-20)35-3/h7-8,10-17H,5-6,9H2,1-4H3,(H,30,32). The number of fused-ring (bicyclic) bond motifs is 1. The molecule has 0 aliphatic rings. The van der Waals surface area contributed by atoms with Crippen LogP contribution in [0.5, 0.6) is 17.2 Å². The van der Waals surface area contributed by atoms with Crippen molar-refractivity contribution in [1.82, 2.24) is 9.66 Å². The lowest BCUT2D eigenvalue weighted by atomic mass is 10.1. The molecule has 0 spiro atoms. The number of hydrogen-bond donors (Lipinski definition) is 1. The van der Waals surface area contributed by atoms with Crippen LogP contribution in [0.4, 0.5) is 0 Å². The van der Waals surface area contributed by atoms with Crippen LogP contribution in [-0.2, 0) is 6.42 Å². The van der Waals surface area contributed by atoms with Gasteiger partial charge in [-0.15, -0.1) is 0 Å². The first-order valence-electron chi connectivity index (χ1n) is 11.7. The Labute approximate surface area is 209 Å². The van der Waals surface area contributed by atoms with Gasteiger partial charge in [0, 0.05) is 11.1 Å². The molecule has 186 valence electrons. The molecule has 0 saturated heterocycles. The van der Waals surface area contributed by atoms with Crippen molar-refractivity contribution in [2.24, 2.45) is 0 Å². The van der Waals surface area contributed by atoms with Gasteiger partial charge in [-0.05, 0) is 54.8 Å². The third-order valence-electron chi connectivity index (χ3n) is 5.95. The molecule has 4 rings (SSSR count). The number of amides is 1. The van der Waals surface area contributed by atoms with Gasteiger partial charge in [-0.3, -0.25) is 15.0 Å². The monoisotopic (exact) mass is 487 g/mol. The minimum absolute atomic E-state index is 0.228. The highest BCUT2D eigenvalue weighted by atomic mass is 16.5. The molecule has 0 saturated carbocycles. The van der Waals surface area contributed by atoms with E-state index in [1.54, 1.807) is 48.5 Å². The van der Waals surface area contributed by atoms with E-state index < -0.39 is 11.5 Å². The predicted molar refractivity (Wildman–Crippen MR) is 140 cm³/mol. The lowest BCUT2D eigenvalue weighted by Crippen LogP contribution is -2.35. The zero-order chi connectivity index (χ0) is 25.7. The number of hydrogen-bond acceptors (Lipinski definition) is 6. The van der Waals surface area contributed by atoms with Crippen LogP contribution in [0, 0.1) is 0 Å². The fraction of sp³-hybridized carbons (Fsp3) is 0.250. The average molecular weight is 488 g/mol. The highest BCUT2D eigenvalue weighted by Crippen LogP contribution is 2.40. The average Bonchev–Trinajstić information content (AvgIpc) is 2.92. The van der Waals surface area contributed by atoms with Gasteiger partial charge in [0.15, 0.2) is 17.3 Å². The first kappa shape index (κ1) is 24.8. The van der Waals surface area contributed by atoms with Crippen molar-refractivity contribution in [3.63, 3.8) is 0 Å². The van der Waals surface area contributed by atoms with E-state index in [2.05, 4.69) is 12.3 Å². The summed E-state index contributed by atoms with van der Waals surface area (Å²) in [4.78, 5) is 31.4. The largest absolute Gasteiger partial charge is 0.493 e. The van der Waals surface area contributed by atoms with Gasteiger partial charge in [-0.2, -0.15) is 4.68 Å². The van der Waals surface area contributed by atoms with Crippen LogP contribution < -0.4 is 25.2 Å². The topological polar surface area (TPSA) is 91.7 Å². The molecule has 0 bridgehead atoms. The Bertz CT molecular complexity index is 1420. The van der Waals surface area contributed by atoms with Crippen LogP contribution in [0.2, 0.25) is 0 Å². The molecule has 3 aromatic carbocycles. The number of methoxy groups -OCH3 is 3. The van der Waals surface area contributed by atoms with Crippen LogP contribution >= 0.6 is 0 Å². The lowest BCUT2D eigenvalue weighted by Gasteiger charge is -2.17. The summed E-state index contributed by atoms with van der Waals surface area (Å²) in [5, 5.41) is 0.379. The summed E-state index contributed by atoms with van der Waals surface area (Å²) in [5.74, 6) is 1.01. The quantitative estimate of drug-likeness (QED) is 0.364. The number of carbonyl (C=O) groups is 1. The molecule has 1 N–H and O–H groups in total. The second-order valence-electron chi connectivity index (χ2n) is 8.25. The summed E-state index contributed by atoms with van der Waals surface area (Å²) in [6.07, 6.45) is 3.14. The maximum Gasteiger partial charge on any atom is 0.280 e. The van der Waals surface area contributed by atoms with Gasteiger partial charge in [0.2, 0.25) is 5.75 Å². The molecule has 0 unspecified atom stereocenters. The minimum atomic E-state index is -0.426. The van der Waals surface area contributed by atoms with Gasteiger partial charge in [-0.25, -0.2) is 4.98 Å². The van der Waals surface area contributed by atoms with Crippen molar-refractivity contribution < 1.29 is 19.0 Å². The summed E-state index contributed by atoms with van der Waals surface area (Å²) >= 11 is 0. The summed E-state index contributed by atoms with van der Waals surface area (Å²) in [6.45, 7) is 2.14. The molecule has 4 aromatic rings. The maximum atomic E-state index is 13.5. The van der Waals surface area contributed by atoms with Gasteiger partial charge in [0.1, 0.15) is 0 Å². The highest BCUT2D eigenvalue weighted by Gasteiger charge is 2.20. The van der Waals surface area contributed by atoms with Crippen LogP contribution in [0.25, 0.3) is 22.3 Å². The number of carbonyl (C=O) groups excluding carboxylic acids is 1. The second kappa shape index (κ2) is 10.9. The van der Waals surface area contributed by atoms with Crippen LogP contribution in [0.1, 0.15) is 35.7 Å². The van der Waals surface area contributed by atoms with Gasteiger partial charge >= 0.3 is 0 Å². The fourth-order valence-electron chi connectivity index (χ4n) is 4.01. The number of rotatable bonds is 9. The van der Waals surface area contributed by atoms with Crippen LogP contribution in [0.3, 0.4) is 0 Å². The zero-order valence-electron chi connectivity index (χ0n) is 20.8. The highest BCUT2D eigenvalue weighted by molar-refractivity contribution is 6.00. The van der Waals surface area contributed by atoms with Gasteiger partial charge in [-0.1, -0.05) is 37.6 Å². The number of nitrogens with one attached hydrogen (secondary N) is 1. The van der Waals surface area contributed by atoms with E-state index in [9.17, 15) is 9.59 Å². The van der Waals surface area contributed by atoms with E-state index in [1.807, 2.05) is 12.1 Å². The minimum Gasteiger partial charge on any atom is -0.493 e. The number of ether oxygens (including phenoxy) is 3. The fourth-order valence-corrected chi connectivity index (χ4v) is 4.01. The van der Waals surface area contributed by atoms with Crippen molar-refractivity contribution >= 4 is 16.8 Å². The third kappa shape index (κ3) is 4.88. The third-order valence-corrected chi connectivity index (χ3v) is 5.95. The number of aromatic nitrogens is 2. The van der Waals surface area contributed by atoms with E-state index in [1.165, 1.54) is 21.3 Å². The van der Waals surface area contributed by atoms with Gasteiger partial charge < -0.3 is 14.2 Å². The number of nitrogens with zero attached hydrogens (tertiary/aromatic N) is 2. The Kier molecular flexibility index (Phi) is 7.53. The summed E-state index contributed by atoms with van der Waals surface area (Å²) in [5.41, 5.74) is 4.94. The van der Waals surface area contributed by atoms with Crippen LogP contribution in [0.15, 0.2) is 65.5 Å². The summed E-state index contributed by atoms with van der Waals surface area (Å²) in [7, 11) is 4.53. The van der Waals surface area contributed by atoms with Gasteiger partial charge in [0.25, 0.3) is 11.5 Å². The van der Waals surface area contributed by atoms with Crippen molar-refractivity contribution in [2.45, 2.75) is 26.2 Å². The van der Waals surface area contributed by atoms with E-state index >= 15 is 0 Å². The molecule has 0 atom stereocenters. The number of unbranched alkanes of at least 4 members (excludes halogenated alkanes) is 1. The van der Waals surface area contributed by atoms with Gasteiger partial charge in [0.05, 0.1) is 32.2 Å². The molecule has 1 aromatic heterocycles. The molecule has 0 radical (unpaired) electrons. The smallest absolute Gasteiger partial charge is 0.280 e. The normalized spacial score (nSPS) is 10.8. The van der Waals surface area contributed by atoms with E-state index in [0.717, 1.165) is 29.5 Å². The molecule has 0 fully saturated rings. The zero-order valence-corrected chi connectivity index (χ0v) is 20.8. The number of aryl methyl sites for hydroxylation is 1. The molecule has 1 amide bonds. The van der Waals surface area contributed by atoms with E-state index in [-0.39, 0.29) is 5.82 Å². The number of para-hydroxylation sites is 1. The lowest BCUT2D eigenvalue weighted by molar-refractivity contribution is 0.101.